The van der Waals surface area contributed by atoms with E-state index in [2.05, 4.69) is 46.8 Å². The normalized spacial score (nSPS) is 44.2. The molecular weight excluding hydrogens is 340 g/mol. The van der Waals surface area contributed by atoms with E-state index in [4.69, 9.17) is 0 Å². The highest BCUT2D eigenvalue weighted by Crippen LogP contribution is 2.67. The SMILES string of the molecule is CC(C)C/C=C\[C@@H](C)[C@H]1CC[C@H]2[C@@H]3CCC4=CC(=O)CC[C@]4(C)[C@H]3CC[C@]12C. The highest BCUT2D eigenvalue weighted by atomic mass is 16.1. The van der Waals surface area contributed by atoms with E-state index in [1.807, 2.05) is 6.08 Å². The molecule has 3 fully saturated rings. The van der Waals surface area contributed by atoms with Crippen molar-refractivity contribution in [2.75, 3.05) is 0 Å². The van der Waals surface area contributed by atoms with Gasteiger partial charge < -0.3 is 0 Å². The first kappa shape index (κ1) is 20.4. The first-order chi connectivity index (χ1) is 13.3. The Kier molecular flexibility index (Phi) is 5.43. The van der Waals surface area contributed by atoms with Gasteiger partial charge in [-0.05, 0) is 104 Å². The number of carbonyl (C=O) groups excluding carboxylic acids is 1. The predicted octanol–water partition coefficient (Wildman–Crippen LogP) is 7.37. The number of hydrogen-bond acceptors (Lipinski definition) is 1. The Morgan fingerprint density at radius 1 is 1.04 bits per heavy atom. The van der Waals surface area contributed by atoms with Gasteiger partial charge in [0, 0.05) is 6.42 Å². The molecule has 28 heavy (non-hydrogen) atoms. The summed E-state index contributed by atoms with van der Waals surface area (Å²) in [4.78, 5) is 12.0. The Labute approximate surface area is 173 Å². The molecule has 1 nitrogen and oxygen atoms in total. The zero-order valence-electron chi connectivity index (χ0n) is 19.0. The van der Waals surface area contributed by atoms with E-state index in [1.54, 1.807) is 0 Å². The van der Waals surface area contributed by atoms with Crippen LogP contribution < -0.4 is 0 Å². The first-order valence-corrected chi connectivity index (χ1v) is 12.2. The fourth-order valence-corrected chi connectivity index (χ4v) is 8.16. The number of allylic oxidation sites excluding steroid dienone is 3. The molecule has 0 aromatic carbocycles. The van der Waals surface area contributed by atoms with E-state index in [1.165, 1.54) is 50.5 Å². The Bertz CT molecular complexity index is 670. The summed E-state index contributed by atoms with van der Waals surface area (Å²) in [6.07, 6.45) is 18.3. The Balaban J connectivity index is 1.53. The van der Waals surface area contributed by atoms with Crippen molar-refractivity contribution in [2.24, 2.45) is 46.3 Å². The van der Waals surface area contributed by atoms with Crippen molar-refractivity contribution in [1.82, 2.24) is 0 Å². The predicted molar refractivity (Wildman–Crippen MR) is 118 cm³/mol. The molecule has 0 aromatic rings. The Morgan fingerprint density at radius 2 is 1.82 bits per heavy atom. The lowest BCUT2D eigenvalue weighted by Crippen LogP contribution is -2.50. The second-order valence-electron chi connectivity index (χ2n) is 11.6. The van der Waals surface area contributed by atoms with Crippen LogP contribution in [-0.4, -0.2) is 5.78 Å². The second-order valence-corrected chi connectivity index (χ2v) is 11.6. The van der Waals surface area contributed by atoms with Gasteiger partial charge in [0.25, 0.3) is 0 Å². The topological polar surface area (TPSA) is 17.1 Å². The minimum absolute atomic E-state index is 0.318. The van der Waals surface area contributed by atoms with Crippen LogP contribution >= 0.6 is 0 Å². The smallest absolute Gasteiger partial charge is 0.155 e. The van der Waals surface area contributed by atoms with Gasteiger partial charge in [0.05, 0.1) is 0 Å². The largest absolute Gasteiger partial charge is 0.295 e. The van der Waals surface area contributed by atoms with Gasteiger partial charge in [0.1, 0.15) is 0 Å². The van der Waals surface area contributed by atoms with Crippen LogP contribution in [-0.2, 0) is 4.79 Å². The highest BCUT2D eigenvalue weighted by molar-refractivity contribution is 5.91. The van der Waals surface area contributed by atoms with Crippen LogP contribution in [0.5, 0.6) is 0 Å². The highest BCUT2D eigenvalue weighted by Gasteiger charge is 2.59. The van der Waals surface area contributed by atoms with Gasteiger partial charge in [-0.15, -0.1) is 0 Å². The molecule has 0 spiro atoms. The molecule has 0 unspecified atom stereocenters. The Morgan fingerprint density at radius 3 is 2.57 bits per heavy atom. The van der Waals surface area contributed by atoms with Crippen LogP contribution in [0.15, 0.2) is 23.8 Å². The molecular formula is C27H42O. The molecule has 0 aromatic heterocycles. The molecule has 0 amide bonds. The van der Waals surface area contributed by atoms with E-state index in [0.29, 0.717) is 22.5 Å². The molecule has 1 heteroatoms. The quantitative estimate of drug-likeness (QED) is 0.464. The zero-order valence-corrected chi connectivity index (χ0v) is 19.0. The lowest BCUT2D eigenvalue weighted by molar-refractivity contribution is -0.117. The molecule has 4 rings (SSSR count). The number of ketones is 1. The molecule has 4 aliphatic rings. The molecule has 0 N–H and O–H groups in total. The minimum atomic E-state index is 0.318. The van der Waals surface area contributed by atoms with Crippen LogP contribution in [0.3, 0.4) is 0 Å². The molecule has 3 saturated carbocycles. The Hall–Kier alpha value is -0.850. The maximum absolute atomic E-state index is 12.0. The summed E-state index contributed by atoms with van der Waals surface area (Å²) < 4.78 is 0. The van der Waals surface area contributed by atoms with E-state index in [0.717, 1.165) is 42.4 Å². The zero-order chi connectivity index (χ0) is 20.1. The monoisotopic (exact) mass is 382 g/mol. The summed E-state index contributed by atoms with van der Waals surface area (Å²) >= 11 is 0. The van der Waals surface area contributed by atoms with Gasteiger partial charge in [-0.1, -0.05) is 52.3 Å². The number of fused-ring (bicyclic) bond motifs is 5. The van der Waals surface area contributed by atoms with Gasteiger partial charge in [0.15, 0.2) is 5.78 Å². The van der Waals surface area contributed by atoms with Crippen LogP contribution in [0.4, 0.5) is 0 Å². The third-order valence-electron chi connectivity index (χ3n) is 9.72. The maximum atomic E-state index is 12.0. The summed E-state index contributed by atoms with van der Waals surface area (Å²) in [5.74, 6) is 5.35. The standard InChI is InChI=1S/C27H42O/c1-18(2)7-6-8-19(3)23-11-12-24-22-10-9-20-17-21(28)13-15-26(20,4)25(22)14-16-27(23,24)5/h6,8,17-19,22-25H,7,9-16H2,1-5H3/b8-6-/t19-,22+,23-,24+,25+,26+,27-/m1/s1. The molecule has 0 saturated heterocycles. The van der Waals surface area contributed by atoms with Gasteiger partial charge in [0.2, 0.25) is 0 Å². The van der Waals surface area contributed by atoms with Gasteiger partial charge in [-0.2, -0.15) is 0 Å². The van der Waals surface area contributed by atoms with Crippen molar-refractivity contribution >= 4 is 5.78 Å². The average Bonchev–Trinajstić information content (AvgIpc) is 2.99. The van der Waals surface area contributed by atoms with E-state index >= 15 is 0 Å². The number of hydrogen-bond donors (Lipinski definition) is 0. The fraction of sp³-hybridized carbons (Fsp3) is 0.815. The molecule has 4 aliphatic carbocycles. The van der Waals surface area contributed by atoms with Crippen LogP contribution in [0.1, 0.15) is 92.4 Å². The summed E-state index contributed by atoms with van der Waals surface area (Å²) in [7, 11) is 0. The average molecular weight is 383 g/mol. The van der Waals surface area contributed by atoms with Crippen molar-refractivity contribution < 1.29 is 4.79 Å². The number of rotatable bonds is 4. The van der Waals surface area contributed by atoms with Gasteiger partial charge in [-0.3, -0.25) is 4.79 Å². The van der Waals surface area contributed by atoms with Crippen LogP contribution in [0, 0.1) is 46.3 Å². The second kappa shape index (κ2) is 7.44. The summed E-state index contributed by atoms with van der Waals surface area (Å²) in [5.41, 5.74) is 2.36. The molecule has 7 atom stereocenters. The lowest BCUT2D eigenvalue weighted by Gasteiger charge is -2.58. The fourth-order valence-electron chi connectivity index (χ4n) is 8.16. The van der Waals surface area contributed by atoms with E-state index in [-0.39, 0.29) is 0 Å². The lowest BCUT2D eigenvalue weighted by atomic mass is 9.46. The number of carbonyl (C=O) groups is 1. The molecule has 0 heterocycles. The van der Waals surface area contributed by atoms with Crippen molar-refractivity contribution in [3.63, 3.8) is 0 Å². The third-order valence-corrected chi connectivity index (χ3v) is 9.72. The van der Waals surface area contributed by atoms with Crippen molar-refractivity contribution in [3.8, 4) is 0 Å². The summed E-state index contributed by atoms with van der Waals surface area (Å²) in [5, 5.41) is 0. The minimum Gasteiger partial charge on any atom is -0.295 e. The molecule has 0 aliphatic heterocycles. The van der Waals surface area contributed by atoms with Crippen molar-refractivity contribution in [3.05, 3.63) is 23.8 Å². The van der Waals surface area contributed by atoms with Gasteiger partial charge >= 0.3 is 0 Å². The summed E-state index contributed by atoms with van der Waals surface area (Å²) in [6.45, 7) is 12.3. The molecule has 0 radical (unpaired) electrons. The third kappa shape index (κ3) is 3.25. The van der Waals surface area contributed by atoms with Crippen molar-refractivity contribution in [2.45, 2.75) is 92.4 Å². The van der Waals surface area contributed by atoms with Crippen LogP contribution in [0.25, 0.3) is 0 Å². The summed E-state index contributed by atoms with van der Waals surface area (Å²) in [6, 6.07) is 0. The first-order valence-electron chi connectivity index (χ1n) is 12.2. The van der Waals surface area contributed by atoms with E-state index < -0.39 is 0 Å². The van der Waals surface area contributed by atoms with Gasteiger partial charge in [-0.25, -0.2) is 0 Å². The molecule has 0 bridgehead atoms. The van der Waals surface area contributed by atoms with Crippen LogP contribution in [0.2, 0.25) is 0 Å². The maximum Gasteiger partial charge on any atom is 0.155 e. The van der Waals surface area contributed by atoms with E-state index in [9.17, 15) is 4.79 Å². The molecule has 156 valence electrons. The van der Waals surface area contributed by atoms with Crippen molar-refractivity contribution in [1.29, 1.82) is 0 Å².